The molecule has 3 nitrogen and oxygen atoms in total. The monoisotopic (exact) mass is 385 g/mol. The largest absolute Gasteiger partial charge is 0.254 e. The van der Waals surface area contributed by atoms with Gasteiger partial charge in [0, 0.05) is 44.8 Å². The van der Waals surface area contributed by atoms with Gasteiger partial charge in [0.1, 0.15) is 0 Å². The Morgan fingerprint density at radius 3 is 2.40 bits per heavy atom. The summed E-state index contributed by atoms with van der Waals surface area (Å²) in [7, 11) is 0. The molecule has 0 radical (unpaired) electrons. The van der Waals surface area contributed by atoms with Crippen molar-refractivity contribution in [1.29, 1.82) is 0 Å². The molecule has 0 N–H and O–H groups in total. The van der Waals surface area contributed by atoms with Gasteiger partial charge in [-0.3, -0.25) is 15.0 Å². The van der Waals surface area contributed by atoms with Gasteiger partial charge in [0.25, 0.3) is 0 Å². The summed E-state index contributed by atoms with van der Waals surface area (Å²) in [5.41, 5.74) is 3.80. The lowest BCUT2D eigenvalue weighted by Crippen LogP contribution is -1.90. The van der Waals surface area contributed by atoms with E-state index in [1.165, 1.54) is 0 Å². The van der Waals surface area contributed by atoms with Gasteiger partial charge in [-0.05, 0) is 33.4 Å². The molecule has 0 spiro atoms. The highest BCUT2D eigenvalue weighted by atomic mass is 79.9. The van der Waals surface area contributed by atoms with Crippen molar-refractivity contribution >= 4 is 48.5 Å². The van der Waals surface area contributed by atoms with Crippen LogP contribution >= 0.6 is 15.9 Å². The Kier molecular flexibility index (Phi) is 3.25. The molecule has 25 heavy (non-hydrogen) atoms. The van der Waals surface area contributed by atoms with Gasteiger partial charge in [0.15, 0.2) is 0 Å². The smallest absolute Gasteiger partial charge is 0.0965 e. The minimum absolute atomic E-state index is 0.920. The first-order valence-electron chi connectivity index (χ1n) is 7.98. The predicted molar refractivity (Wildman–Crippen MR) is 105 cm³/mol. The van der Waals surface area contributed by atoms with Crippen molar-refractivity contribution in [3.8, 4) is 11.3 Å². The lowest BCUT2D eigenvalue weighted by Gasteiger charge is -2.09. The van der Waals surface area contributed by atoms with Crippen molar-refractivity contribution in [3.63, 3.8) is 0 Å². The van der Waals surface area contributed by atoms with Crippen LogP contribution in [0.25, 0.3) is 43.8 Å². The van der Waals surface area contributed by atoms with E-state index in [1.54, 1.807) is 6.20 Å². The summed E-state index contributed by atoms with van der Waals surface area (Å²) in [6.45, 7) is 0. The van der Waals surface area contributed by atoms with Gasteiger partial charge in [0.05, 0.1) is 16.7 Å². The third kappa shape index (κ3) is 2.29. The molecular weight excluding hydrogens is 374 g/mol. The zero-order valence-electron chi connectivity index (χ0n) is 13.1. The molecule has 0 aliphatic carbocycles. The first kappa shape index (κ1) is 14.5. The Morgan fingerprint density at radius 1 is 0.680 bits per heavy atom. The Hall–Kier alpha value is -2.85. The standard InChI is InChI=1S/C21H12BrN3/c22-18-12-25-19(17-6-2-1-5-16(17)18)15-10-14-8-7-13-4-3-9-23-20(13)21(14)24-11-15/h1-12H. The average molecular weight is 386 g/mol. The van der Waals surface area contributed by atoms with E-state index in [9.17, 15) is 0 Å². The number of halogens is 1. The molecule has 0 atom stereocenters. The molecule has 4 heteroatoms. The molecule has 5 aromatic rings. The lowest BCUT2D eigenvalue weighted by atomic mass is 10.0. The van der Waals surface area contributed by atoms with Crippen LogP contribution in [0.3, 0.4) is 0 Å². The quantitative estimate of drug-likeness (QED) is 0.344. The highest BCUT2D eigenvalue weighted by Crippen LogP contribution is 2.32. The van der Waals surface area contributed by atoms with E-state index in [4.69, 9.17) is 4.98 Å². The van der Waals surface area contributed by atoms with Crippen molar-refractivity contribution in [2.45, 2.75) is 0 Å². The summed E-state index contributed by atoms with van der Waals surface area (Å²) in [4.78, 5) is 13.8. The number of aromatic nitrogens is 3. The van der Waals surface area contributed by atoms with Gasteiger partial charge >= 0.3 is 0 Å². The van der Waals surface area contributed by atoms with Gasteiger partial charge in [-0.2, -0.15) is 0 Å². The van der Waals surface area contributed by atoms with Crippen molar-refractivity contribution in [2.24, 2.45) is 0 Å². The summed E-state index contributed by atoms with van der Waals surface area (Å²) < 4.78 is 0.996. The second-order valence-corrected chi connectivity index (χ2v) is 6.79. The Balaban J connectivity index is 1.80. The fourth-order valence-electron chi connectivity index (χ4n) is 3.25. The van der Waals surface area contributed by atoms with Crippen molar-refractivity contribution in [3.05, 3.63) is 77.7 Å². The van der Waals surface area contributed by atoms with Crippen molar-refractivity contribution < 1.29 is 0 Å². The van der Waals surface area contributed by atoms with Crippen LogP contribution in [0.2, 0.25) is 0 Å². The number of hydrogen-bond acceptors (Lipinski definition) is 3. The third-order valence-corrected chi connectivity index (χ3v) is 5.07. The number of rotatable bonds is 1. The predicted octanol–water partition coefficient (Wildman–Crippen LogP) is 5.76. The normalized spacial score (nSPS) is 11.4. The molecule has 0 fully saturated rings. The van der Waals surface area contributed by atoms with Crippen LogP contribution < -0.4 is 0 Å². The second kappa shape index (κ2) is 5.60. The van der Waals surface area contributed by atoms with E-state index in [0.29, 0.717) is 0 Å². The van der Waals surface area contributed by atoms with E-state index in [1.807, 2.05) is 30.6 Å². The number of pyridine rings is 3. The van der Waals surface area contributed by atoms with Crippen LogP contribution in [0, 0.1) is 0 Å². The van der Waals surface area contributed by atoms with Gasteiger partial charge in [-0.1, -0.05) is 42.5 Å². The molecule has 0 amide bonds. The number of fused-ring (bicyclic) bond motifs is 4. The SMILES string of the molecule is Brc1cnc(-c2cnc3c(ccc4cccnc43)c2)c2ccccc12. The Bertz CT molecular complexity index is 1260. The summed E-state index contributed by atoms with van der Waals surface area (Å²) in [5, 5.41) is 4.42. The molecule has 0 unspecified atom stereocenters. The molecule has 2 aromatic carbocycles. The van der Waals surface area contributed by atoms with Crippen LogP contribution in [-0.4, -0.2) is 15.0 Å². The molecule has 0 saturated carbocycles. The van der Waals surface area contributed by atoms with Gasteiger partial charge in [0.2, 0.25) is 0 Å². The average Bonchev–Trinajstić information content (AvgIpc) is 2.68. The molecule has 0 saturated heterocycles. The summed E-state index contributed by atoms with van der Waals surface area (Å²) in [5.74, 6) is 0. The first-order valence-corrected chi connectivity index (χ1v) is 8.78. The van der Waals surface area contributed by atoms with Crippen LogP contribution in [0.1, 0.15) is 0 Å². The minimum Gasteiger partial charge on any atom is -0.254 e. The van der Waals surface area contributed by atoms with E-state index in [0.717, 1.165) is 48.3 Å². The molecule has 0 aliphatic heterocycles. The van der Waals surface area contributed by atoms with E-state index in [-0.39, 0.29) is 0 Å². The Morgan fingerprint density at radius 2 is 1.48 bits per heavy atom. The number of hydrogen-bond donors (Lipinski definition) is 0. The van der Waals surface area contributed by atoms with Crippen molar-refractivity contribution in [1.82, 2.24) is 15.0 Å². The first-order chi connectivity index (χ1) is 12.3. The summed E-state index contributed by atoms with van der Waals surface area (Å²) in [6, 6.07) is 18.6. The summed E-state index contributed by atoms with van der Waals surface area (Å²) in [6.07, 6.45) is 5.55. The zero-order valence-corrected chi connectivity index (χ0v) is 14.7. The summed E-state index contributed by atoms with van der Waals surface area (Å²) >= 11 is 3.58. The maximum Gasteiger partial charge on any atom is 0.0965 e. The maximum atomic E-state index is 4.70. The van der Waals surface area contributed by atoms with Crippen LogP contribution in [0.15, 0.2) is 77.7 Å². The highest BCUT2D eigenvalue weighted by molar-refractivity contribution is 9.10. The highest BCUT2D eigenvalue weighted by Gasteiger charge is 2.10. The van der Waals surface area contributed by atoms with E-state index in [2.05, 4.69) is 62.3 Å². The lowest BCUT2D eigenvalue weighted by molar-refractivity contribution is 1.32. The van der Waals surface area contributed by atoms with Crippen LogP contribution in [0.5, 0.6) is 0 Å². The molecule has 118 valence electrons. The molecule has 0 aliphatic rings. The topological polar surface area (TPSA) is 38.7 Å². The molecule has 3 aromatic heterocycles. The Labute approximate surface area is 152 Å². The second-order valence-electron chi connectivity index (χ2n) is 5.94. The fourth-order valence-corrected chi connectivity index (χ4v) is 3.70. The van der Waals surface area contributed by atoms with Crippen LogP contribution in [-0.2, 0) is 0 Å². The number of nitrogens with zero attached hydrogens (tertiary/aromatic N) is 3. The molecular formula is C21H12BrN3. The fraction of sp³-hybridized carbons (Fsp3) is 0. The minimum atomic E-state index is 0.920. The third-order valence-electron chi connectivity index (χ3n) is 4.44. The molecule has 5 rings (SSSR count). The molecule has 3 heterocycles. The van der Waals surface area contributed by atoms with Crippen molar-refractivity contribution in [2.75, 3.05) is 0 Å². The maximum absolute atomic E-state index is 4.70. The number of benzene rings is 2. The molecule has 0 bridgehead atoms. The van der Waals surface area contributed by atoms with Gasteiger partial charge in [-0.15, -0.1) is 0 Å². The van der Waals surface area contributed by atoms with E-state index < -0.39 is 0 Å². The van der Waals surface area contributed by atoms with Gasteiger partial charge < -0.3 is 0 Å². The zero-order chi connectivity index (χ0) is 16.8. The van der Waals surface area contributed by atoms with Crippen LogP contribution in [0.4, 0.5) is 0 Å². The van der Waals surface area contributed by atoms with E-state index >= 15 is 0 Å². The van der Waals surface area contributed by atoms with Gasteiger partial charge in [-0.25, -0.2) is 0 Å².